The molecule has 118 valence electrons. The number of nitrogens with zero attached hydrogens (tertiary/aromatic N) is 2. The fourth-order valence-electron chi connectivity index (χ4n) is 2.97. The molecule has 2 saturated heterocycles. The van der Waals surface area contributed by atoms with Crippen LogP contribution in [-0.2, 0) is 9.59 Å². The number of carbonyl (C=O) groups is 3. The molecule has 0 bridgehead atoms. The SMILES string of the molecule is CC1C(=O)NCCN1C(=O)N1CCC(CCC(=O)O)CC1. The van der Waals surface area contributed by atoms with Crippen molar-refractivity contribution in [1.29, 1.82) is 0 Å². The molecule has 0 saturated carbocycles. The Hall–Kier alpha value is -1.79. The molecule has 2 heterocycles. The van der Waals surface area contributed by atoms with Crippen molar-refractivity contribution < 1.29 is 19.5 Å². The van der Waals surface area contributed by atoms with Crippen molar-refractivity contribution in [3.8, 4) is 0 Å². The summed E-state index contributed by atoms with van der Waals surface area (Å²) in [4.78, 5) is 38.1. The van der Waals surface area contributed by atoms with E-state index in [1.165, 1.54) is 0 Å². The molecule has 0 aromatic heterocycles. The van der Waals surface area contributed by atoms with E-state index < -0.39 is 12.0 Å². The number of aliphatic carboxylic acids is 1. The van der Waals surface area contributed by atoms with E-state index in [4.69, 9.17) is 5.11 Å². The molecule has 2 aliphatic rings. The van der Waals surface area contributed by atoms with E-state index >= 15 is 0 Å². The highest BCUT2D eigenvalue weighted by Crippen LogP contribution is 2.23. The van der Waals surface area contributed by atoms with E-state index in [0.29, 0.717) is 38.5 Å². The number of carbonyl (C=O) groups excluding carboxylic acids is 2. The molecule has 0 aromatic carbocycles. The lowest BCUT2D eigenvalue weighted by atomic mass is 9.92. The van der Waals surface area contributed by atoms with Gasteiger partial charge in [-0.3, -0.25) is 9.59 Å². The Morgan fingerprint density at radius 1 is 1.29 bits per heavy atom. The van der Waals surface area contributed by atoms with Gasteiger partial charge in [0.1, 0.15) is 6.04 Å². The Balaban J connectivity index is 1.82. The summed E-state index contributed by atoms with van der Waals surface area (Å²) in [6.45, 7) is 4.09. The normalized spacial score (nSPS) is 23.9. The Kier molecular flexibility index (Phi) is 5.03. The molecule has 7 nitrogen and oxygen atoms in total. The quantitative estimate of drug-likeness (QED) is 0.794. The van der Waals surface area contributed by atoms with Gasteiger partial charge in [-0.25, -0.2) is 4.79 Å². The average molecular weight is 297 g/mol. The van der Waals surface area contributed by atoms with Crippen molar-refractivity contribution in [3.63, 3.8) is 0 Å². The van der Waals surface area contributed by atoms with Crippen molar-refractivity contribution in [2.75, 3.05) is 26.2 Å². The third kappa shape index (κ3) is 3.86. The number of nitrogens with one attached hydrogen (secondary N) is 1. The number of piperazine rings is 1. The van der Waals surface area contributed by atoms with Gasteiger partial charge >= 0.3 is 12.0 Å². The topological polar surface area (TPSA) is 90.0 Å². The van der Waals surface area contributed by atoms with Crippen molar-refractivity contribution in [3.05, 3.63) is 0 Å². The van der Waals surface area contributed by atoms with E-state index in [-0.39, 0.29) is 18.4 Å². The molecular weight excluding hydrogens is 274 g/mol. The molecule has 0 spiro atoms. The van der Waals surface area contributed by atoms with Crippen molar-refractivity contribution in [2.45, 2.75) is 38.6 Å². The van der Waals surface area contributed by atoms with Gasteiger partial charge in [-0.1, -0.05) is 0 Å². The van der Waals surface area contributed by atoms with Gasteiger partial charge in [0.25, 0.3) is 0 Å². The first-order valence-electron chi connectivity index (χ1n) is 7.54. The summed E-state index contributed by atoms with van der Waals surface area (Å²) < 4.78 is 0. The number of urea groups is 1. The van der Waals surface area contributed by atoms with Crippen LogP contribution in [0.25, 0.3) is 0 Å². The number of carboxylic acids is 1. The van der Waals surface area contributed by atoms with Crippen LogP contribution in [0, 0.1) is 5.92 Å². The third-order valence-electron chi connectivity index (χ3n) is 4.40. The predicted molar refractivity (Wildman–Crippen MR) is 75.7 cm³/mol. The van der Waals surface area contributed by atoms with Crippen molar-refractivity contribution in [2.24, 2.45) is 5.92 Å². The summed E-state index contributed by atoms with van der Waals surface area (Å²) in [6.07, 6.45) is 2.56. The van der Waals surface area contributed by atoms with Crippen LogP contribution in [0.4, 0.5) is 4.79 Å². The molecule has 2 rings (SSSR count). The fraction of sp³-hybridized carbons (Fsp3) is 0.786. The lowest BCUT2D eigenvalue weighted by Crippen LogP contribution is -2.59. The molecule has 7 heteroatoms. The van der Waals surface area contributed by atoms with Crippen LogP contribution >= 0.6 is 0 Å². The van der Waals surface area contributed by atoms with Gasteiger partial charge in [0, 0.05) is 32.6 Å². The number of carboxylic acid groups (broad SMARTS) is 1. The minimum atomic E-state index is -0.762. The maximum atomic E-state index is 12.5. The van der Waals surface area contributed by atoms with Crippen LogP contribution in [0.1, 0.15) is 32.6 Å². The van der Waals surface area contributed by atoms with E-state index in [2.05, 4.69) is 5.32 Å². The molecule has 2 aliphatic heterocycles. The Bertz CT molecular complexity index is 418. The maximum Gasteiger partial charge on any atom is 0.320 e. The van der Waals surface area contributed by atoms with Crippen LogP contribution in [0.5, 0.6) is 0 Å². The zero-order valence-electron chi connectivity index (χ0n) is 12.4. The number of hydrogen-bond donors (Lipinski definition) is 2. The molecule has 0 aromatic rings. The number of rotatable bonds is 3. The van der Waals surface area contributed by atoms with Crippen LogP contribution < -0.4 is 5.32 Å². The second kappa shape index (κ2) is 6.78. The van der Waals surface area contributed by atoms with E-state index in [1.807, 2.05) is 0 Å². The summed E-state index contributed by atoms with van der Waals surface area (Å²) in [5, 5.41) is 11.4. The lowest BCUT2D eigenvalue weighted by molar-refractivity contribution is -0.137. The van der Waals surface area contributed by atoms with Crippen LogP contribution in [0.3, 0.4) is 0 Å². The van der Waals surface area contributed by atoms with Crippen LogP contribution in [0.15, 0.2) is 0 Å². The highest BCUT2D eigenvalue weighted by atomic mass is 16.4. The number of amides is 3. The van der Waals surface area contributed by atoms with Crippen LogP contribution in [-0.4, -0.2) is 65.0 Å². The van der Waals surface area contributed by atoms with Gasteiger partial charge < -0.3 is 20.2 Å². The van der Waals surface area contributed by atoms with Crippen LogP contribution in [0.2, 0.25) is 0 Å². The monoisotopic (exact) mass is 297 g/mol. The molecule has 1 unspecified atom stereocenters. The summed E-state index contributed by atoms with van der Waals surface area (Å²) in [7, 11) is 0. The van der Waals surface area contributed by atoms with E-state index in [1.54, 1.807) is 16.7 Å². The number of likely N-dealkylation sites (tertiary alicyclic amines) is 1. The Labute approximate surface area is 124 Å². The highest BCUT2D eigenvalue weighted by molar-refractivity contribution is 5.87. The Morgan fingerprint density at radius 3 is 2.57 bits per heavy atom. The largest absolute Gasteiger partial charge is 0.481 e. The lowest BCUT2D eigenvalue weighted by Gasteiger charge is -2.39. The summed E-state index contributed by atoms with van der Waals surface area (Å²) >= 11 is 0. The predicted octanol–water partition coefficient (Wildman–Crippen LogP) is 0.504. The molecular formula is C14H23N3O4. The molecule has 21 heavy (non-hydrogen) atoms. The first-order valence-corrected chi connectivity index (χ1v) is 7.54. The molecule has 0 radical (unpaired) electrons. The summed E-state index contributed by atoms with van der Waals surface area (Å²) in [5.41, 5.74) is 0. The van der Waals surface area contributed by atoms with Gasteiger partial charge in [-0.2, -0.15) is 0 Å². The third-order valence-corrected chi connectivity index (χ3v) is 4.40. The standard InChI is InChI=1S/C14H23N3O4/c1-10-13(20)15-6-9-17(10)14(21)16-7-4-11(5-8-16)2-3-12(18)19/h10-11H,2-9H2,1H3,(H,15,20)(H,18,19). The minimum absolute atomic E-state index is 0.0750. The molecule has 2 N–H and O–H groups in total. The first kappa shape index (κ1) is 15.6. The first-order chi connectivity index (χ1) is 9.99. The molecule has 2 fully saturated rings. The Morgan fingerprint density at radius 2 is 1.95 bits per heavy atom. The van der Waals surface area contributed by atoms with E-state index in [0.717, 1.165) is 12.8 Å². The van der Waals surface area contributed by atoms with Gasteiger partial charge in [-0.05, 0) is 32.1 Å². The average Bonchev–Trinajstić information content (AvgIpc) is 2.48. The molecule has 3 amide bonds. The van der Waals surface area contributed by atoms with Crippen molar-refractivity contribution >= 4 is 17.9 Å². The zero-order valence-corrected chi connectivity index (χ0v) is 12.4. The highest BCUT2D eigenvalue weighted by Gasteiger charge is 2.33. The van der Waals surface area contributed by atoms with Gasteiger partial charge in [0.15, 0.2) is 0 Å². The minimum Gasteiger partial charge on any atom is -0.481 e. The second-order valence-corrected chi connectivity index (χ2v) is 5.81. The zero-order chi connectivity index (χ0) is 15.4. The van der Waals surface area contributed by atoms with Gasteiger partial charge in [0.2, 0.25) is 5.91 Å². The van der Waals surface area contributed by atoms with Gasteiger partial charge in [-0.15, -0.1) is 0 Å². The number of hydrogen-bond acceptors (Lipinski definition) is 3. The van der Waals surface area contributed by atoms with Gasteiger partial charge in [0.05, 0.1) is 0 Å². The smallest absolute Gasteiger partial charge is 0.320 e. The summed E-state index contributed by atoms with van der Waals surface area (Å²) in [5.74, 6) is -0.486. The fourth-order valence-corrected chi connectivity index (χ4v) is 2.97. The second-order valence-electron chi connectivity index (χ2n) is 5.81. The maximum absolute atomic E-state index is 12.5. The molecule has 0 aliphatic carbocycles. The van der Waals surface area contributed by atoms with Crippen molar-refractivity contribution in [1.82, 2.24) is 15.1 Å². The number of piperidine rings is 1. The summed E-state index contributed by atoms with van der Waals surface area (Å²) in [6, 6.07) is -0.495. The molecule has 1 atom stereocenters. The van der Waals surface area contributed by atoms with E-state index in [9.17, 15) is 14.4 Å².